The normalized spacial score (nSPS) is 39.5. The molecule has 3 unspecified atom stereocenters. The lowest BCUT2D eigenvalue weighted by molar-refractivity contribution is 0.203. The zero-order valence-electron chi connectivity index (χ0n) is 8.92. The van der Waals surface area contributed by atoms with E-state index in [-0.39, 0.29) is 0 Å². The van der Waals surface area contributed by atoms with Crippen molar-refractivity contribution < 1.29 is 0 Å². The Bertz CT molecular complexity index is 167. The van der Waals surface area contributed by atoms with Crippen molar-refractivity contribution in [1.82, 2.24) is 10.2 Å². The van der Waals surface area contributed by atoms with Gasteiger partial charge in [0.2, 0.25) is 0 Å². The van der Waals surface area contributed by atoms with Gasteiger partial charge in [0.05, 0.1) is 0 Å². The summed E-state index contributed by atoms with van der Waals surface area (Å²) in [5, 5.41) is 3.71. The minimum atomic E-state index is 0.874. The van der Waals surface area contributed by atoms with Crippen LogP contribution in [0.4, 0.5) is 0 Å². The van der Waals surface area contributed by atoms with E-state index in [1.807, 2.05) is 0 Å². The number of nitrogens with one attached hydrogen (secondary N) is 1. The summed E-state index contributed by atoms with van der Waals surface area (Å²) in [6.07, 6.45) is 5.83. The Morgan fingerprint density at radius 3 is 2.92 bits per heavy atom. The largest absolute Gasteiger partial charge is 0.313 e. The van der Waals surface area contributed by atoms with Crippen molar-refractivity contribution in [2.24, 2.45) is 11.8 Å². The minimum absolute atomic E-state index is 0.874. The fraction of sp³-hybridized carbons (Fsp3) is 1.00. The molecule has 0 radical (unpaired) electrons. The lowest BCUT2D eigenvalue weighted by Gasteiger charge is -2.34. The van der Waals surface area contributed by atoms with E-state index in [0.29, 0.717) is 0 Å². The minimum Gasteiger partial charge on any atom is -0.313 e. The van der Waals surface area contributed by atoms with Crippen LogP contribution in [0.1, 0.15) is 25.7 Å². The highest BCUT2D eigenvalue weighted by atomic mass is 15.1. The van der Waals surface area contributed by atoms with Crippen molar-refractivity contribution >= 4 is 0 Å². The average molecular weight is 182 g/mol. The summed E-state index contributed by atoms with van der Waals surface area (Å²) in [7, 11) is 4.36. The summed E-state index contributed by atoms with van der Waals surface area (Å²) >= 11 is 0. The van der Waals surface area contributed by atoms with Gasteiger partial charge in [-0.3, -0.25) is 0 Å². The van der Waals surface area contributed by atoms with Crippen LogP contribution in [0.3, 0.4) is 0 Å². The van der Waals surface area contributed by atoms with Crippen LogP contribution in [0.5, 0.6) is 0 Å². The monoisotopic (exact) mass is 182 g/mol. The molecule has 0 amide bonds. The van der Waals surface area contributed by atoms with Crippen molar-refractivity contribution in [3.63, 3.8) is 0 Å². The highest BCUT2D eigenvalue weighted by Crippen LogP contribution is 2.34. The first-order valence-corrected chi connectivity index (χ1v) is 5.64. The third-order valence-electron chi connectivity index (χ3n) is 3.59. The Morgan fingerprint density at radius 2 is 2.15 bits per heavy atom. The summed E-state index contributed by atoms with van der Waals surface area (Å²) in [4.78, 5) is 2.32. The van der Waals surface area contributed by atoms with Crippen molar-refractivity contribution in [2.45, 2.75) is 31.7 Å². The molecule has 1 aliphatic carbocycles. The van der Waals surface area contributed by atoms with E-state index < -0.39 is 0 Å². The standard InChI is InChI=1S/C11H22N2/c1-13(2)8-9-6-10-4-3-5-11(10)12-7-9/h9-12H,3-8H2,1-2H3. The predicted molar refractivity (Wildman–Crippen MR) is 55.8 cm³/mol. The highest BCUT2D eigenvalue weighted by Gasteiger charge is 2.33. The molecule has 13 heavy (non-hydrogen) atoms. The second-order valence-corrected chi connectivity index (χ2v) is 5.07. The van der Waals surface area contributed by atoms with Crippen molar-refractivity contribution in [3.05, 3.63) is 0 Å². The molecule has 0 bridgehead atoms. The molecule has 2 rings (SSSR count). The molecule has 2 fully saturated rings. The fourth-order valence-electron chi connectivity index (χ4n) is 3.07. The first-order valence-electron chi connectivity index (χ1n) is 5.64. The Kier molecular flexibility index (Phi) is 2.89. The van der Waals surface area contributed by atoms with Gasteiger partial charge in [0.1, 0.15) is 0 Å². The van der Waals surface area contributed by atoms with E-state index in [1.165, 1.54) is 38.8 Å². The Balaban J connectivity index is 1.83. The molecule has 0 aromatic rings. The van der Waals surface area contributed by atoms with Crippen LogP contribution in [0.25, 0.3) is 0 Å². The molecule has 1 saturated heterocycles. The van der Waals surface area contributed by atoms with Crippen LogP contribution in [-0.2, 0) is 0 Å². The van der Waals surface area contributed by atoms with Crippen LogP contribution in [0.2, 0.25) is 0 Å². The van der Waals surface area contributed by atoms with Crippen LogP contribution in [0.15, 0.2) is 0 Å². The molecule has 2 heteroatoms. The van der Waals surface area contributed by atoms with E-state index >= 15 is 0 Å². The van der Waals surface area contributed by atoms with Gasteiger partial charge in [-0.25, -0.2) is 0 Å². The molecular weight excluding hydrogens is 160 g/mol. The summed E-state index contributed by atoms with van der Waals surface area (Å²) in [5.41, 5.74) is 0. The van der Waals surface area contributed by atoms with Gasteiger partial charge in [-0.1, -0.05) is 6.42 Å². The van der Waals surface area contributed by atoms with E-state index in [1.54, 1.807) is 0 Å². The molecule has 1 saturated carbocycles. The van der Waals surface area contributed by atoms with Crippen LogP contribution in [0, 0.1) is 11.8 Å². The summed E-state index contributed by atoms with van der Waals surface area (Å²) in [6.45, 7) is 2.51. The van der Waals surface area contributed by atoms with Gasteiger partial charge in [-0.05, 0) is 51.7 Å². The molecule has 1 aliphatic heterocycles. The maximum Gasteiger partial charge on any atom is 0.00955 e. The highest BCUT2D eigenvalue weighted by molar-refractivity contribution is 4.90. The number of hydrogen-bond donors (Lipinski definition) is 1. The quantitative estimate of drug-likeness (QED) is 0.693. The molecule has 1 heterocycles. The van der Waals surface area contributed by atoms with Crippen molar-refractivity contribution in [3.8, 4) is 0 Å². The zero-order valence-corrected chi connectivity index (χ0v) is 8.92. The van der Waals surface area contributed by atoms with Crippen molar-refractivity contribution in [1.29, 1.82) is 0 Å². The van der Waals surface area contributed by atoms with Crippen LogP contribution < -0.4 is 5.32 Å². The molecule has 0 spiro atoms. The lowest BCUT2D eigenvalue weighted by atomic mass is 9.86. The van der Waals surface area contributed by atoms with Gasteiger partial charge in [0.25, 0.3) is 0 Å². The van der Waals surface area contributed by atoms with E-state index in [2.05, 4.69) is 24.3 Å². The third kappa shape index (κ3) is 2.23. The number of hydrogen-bond acceptors (Lipinski definition) is 2. The first-order chi connectivity index (χ1) is 6.25. The smallest absolute Gasteiger partial charge is 0.00955 e. The molecule has 0 aromatic carbocycles. The molecule has 1 N–H and O–H groups in total. The second-order valence-electron chi connectivity index (χ2n) is 5.07. The van der Waals surface area contributed by atoms with Crippen LogP contribution >= 0.6 is 0 Å². The predicted octanol–water partition coefficient (Wildman–Crippen LogP) is 1.33. The van der Waals surface area contributed by atoms with Gasteiger partial charge in [-0.2, -0.15) is 0 Å². The summed E-state index contributed by atoms with van der Waals surface area (Å²) in [5.74, 6) is 1.90. The molecule has 3 atom stereocenters. The van der Waals surface area contributed by atoms with Gasteiger partial charge < -0.3 is 10.2 Å². The Hall–Kier alpha value is -0.0800. The zero-order chi connectivity index (χ0) is 9.26. The first kappa shape index (κ1) is 9.47. The topological polar surface area (TPSA) is 15.3 Å². The number of piperidine rings is 1. The Labute approximate surface area is 81.7 Å². The van der Waals surface area contributed by atoms with Gasteiger partial charge >= 0.3 is 0 Å². The summed E-state index contributed by atoms with van der Waals surface area (Å²) in [6, 6.07) is 0.874. The second kappa shape index (κ2) is 3.97. The molecule has 76 valence electrons. The van der Waals surface area contributed by atoms with Gasteiger partial charge in [-0.15, -0.1) is 0 Å². The number of fused-ring (bicyclic) bond motifs is 1. The van der Waals surface area contributed by atoms with Gasteiger partial charge in [0, 0.05) is 12.6 Å². The fourth-order valence-corrected chi connectivity index (χ4v) is 3.07. The van der Waals surface area contributed by atoms with E-state index in [9.17, 15) is 0 Å². The molecule has 2 aliphatic rings. The van der Waals surface area contributed by atoms with Crippen LogP contribution in [-0.4, -0.2) is 38.1 Å². The maximum absolute atomic E-state index is 3.71. The Morgan fingerprint density at radius 1 is 1.31 bits per heavy atom. The van der Waals surface area contributed by atoms with Crippen molar-refractivity contribution in [2.75, 3.05) is 27.2 Å². The third-order valence-corrected chi connectivity index (χ3v) is 3.59. The molecule has 0 aromatic heterocycles. The summed E-state index contributed by atoms with van der Waals surface area (Å²) < 4.78 is 0. The van der Waals surface area contributed by atoms with E-state index in [4.69, 9.17) is 0 Å². The number of nitrogens with zero attached hydrogens (tertiary/aromatic N) is 1. The molecular formula is C11H22N2. The maximum atomic E-state index is 3.71. The average Bonchev–Trinajstić information content (AvgIpc) is 2.49. The van der Waals surface area contributed by atoms with E-state index in [0.717, 1.165) is 17.9 Å². The number of rotatable bonds is 2. The van der Waals surface area contributed by atoms with Gasteiger partial charge in [0.15, 0.2) is 0 Å². The molecule has 2 nitrogen and oxygen atoms in total. The SMILES string of the molecule is CN(C)CC1CNC2CCCC2C1. The lowest BCUT2D eigenvalue weighted by Crippen LogP contribution is -2.45.